The largest absolute Gasteiger partial charge is 0.393 e. The molecule has 4 heteroatoms. The lowest BCUT2D eigenvalue weighted by Gasteiger charge is -2.28. The van der Waals surface area contributed by atoms with Gasteiger partial charge in [-0.2, -0.15) is 0 Å². The van der Waals surface area contributed by atoms with Crippen LogP contribution in [0, 0.1) is 5.92 Å². The van der Waals surface area contributed by atoms with Gasteiger partial charge >= 0.3 is 0 Å². The second kappa shape index (κ2) is 4.72. The maximum atomic E-state index is 10.5. The summed E-state index contributed by atoms with van der Waals surface area (Å²) in [6.45, 7) is 1.36. The zero-order chi connectivity index (χ0) is 13.5. The number of aliphatic hydroxyl groups excluding tert-OH is 1. The van der Waals surface area contributed by atoms with Crippen molar-refractivity contribution in [1.29, 1.82) is 0 Å². The first kappa shape index (κ1) is 12.1. The van der Waals surface area contributed by atoms with Crippen molar-refractivity contribution in [2.75, 3.05) is 13.2 Å². The highest BCUT2D eigenvalue weighted by molar-refractivity contribution is 5.69. The van der Waals surface area contributed by atoms with Crippen LogP contribution in [0.25, 0.3) is 11.3 Å². The molecule has 1 aromatic carbocycles. The number of hydrogen-bond donors (Lipinski definition) is 1. The van der Waals surface area contributed by atoms with Gasteiger partial charge in [0, 0.05) is 18.1 Å². The Labute approximate surface area is 118 Å². The van der Waals surface area contributed by atoms with E-state index in [2.05, 4.69) is 33.8 Å². The van der Waals surface area contributed by atoms with Crippen LogP contribution in [0.4, 0.5) is 0 Å². The van der Waals surface area contributed by atoms with Crippen molar-refractivity contribution >= 4 is 0 Å². The molecule has 1 fully saturated rings. The van der Waals surface area contributed by atoms with E-state index in [0.29, 0.717) is 6.61 Å². The first-order chi connectivity index (χ1) is 9.86. The van der Waals surface area contributed by atoms with Crippen molar-refractivity contribution in [3.63, 3.8) is 0 Å². The summed E-state index contributed by atoms with van der Waals surface area (Å²) < 4.78 is 7.89. The van der Waals surface area contributed by atoms with Gasteiger partial charge in [0.15, 0.2) is 0 Å². The summed E-state index contributed by atoms with van der Waals surface area (Å²) in [7, 11) is 0. The molecule has 1 saturated heterocycles. The Morgan fingerprint density at radius 1 is 1.30 bits per heavy atom. The minimum atomic E-state index is -0.316. The average Bonchev–Trinajstić information content (AvgIpc) is 2.97. The zero-order valence-electron chi connectivity index (χ0n) is 11.3. The lowest BCUT2D eigenvalue weighted by atomic mass is 9.87. The molecule has 4 rings (SSSR count). The number of ether oxygens (including phenoxy) is 1. The third kappa shape index (κ3) is 1.72. The summed E-state index contributed by atoms with van der Waals surface area (Å²) in [5, 5.41) is 10.5. The van der Waals surface area contributed by atoms with Gasteiger partial charge in [-0.3, -0.25) is 0 Å². The summed E-state index contributed by atoms with van der Waals surface area (Å²) in [5.74, 6) is 0.0918. The van der Waals surface area contributed by atoms with Gasteiger partial charge in [0.2, 0.25) is 0 Å². The molecular weight excluding hydrogens is 252 g/mol. The predicted octanol–water partition coefficient (Wildman–Crippen LogP) is 2.24. The molecular formula is C16H18N2O2. The lowest BCUT2D eigenvalue weighted by molar-refractivity contribution is 0.0395. The van der Waals surface area contributed by atoms with E-state index in [9.17, 15) is 5.11 Å². The van der Waals surface area contributed by atoms with Crippen LogP contribution in [0.5, 0.6) is 0 Å². The van der Waals surface area contributed by atoms with Crippen LogP contribution in [-0.4, -0.2) is 34.0 Å². The van der Waals surface area contributed by atoms with Crippen molar-refractivity contribution in [1.82, 2.24) is 9.55 Å². The number of fused-ring (bicyclic) bond motifs is 3. The Hall–Kier alpha value is -1.65. The molecule has 2 aliphatic rings. The highest BCUT2D eigenvalue weighted by Crippen LogP contribution is 2.44. The zero-order valence-corrected chi connectivity index (χ0v) is 11.3. The fourth-order valence-electron chi connectivity index (χ4n) is 3.55. The van der Waals surface area contributed by atoms with E-state index in [0.717, 1.165) is 25.1 Å². The molecule has 3 heterocycles. The number of benzene rings is 1. The molecule has 4 nitrogen and oxygen atoms in total. The Kier molecular flexibility index (Phi) is 2.86. The van der Waals surface area contributed by atoms with Gasteiger partial charge in [0.25, 0.3) is 0 Å². The Balaban J connectivity index is 1.81. The molecule has 0 bridgehead atoms. The van der Waals surface area contributed by atoms with Crippen LogP contribution >= 0.6 is 0 Å². The molecule has 0 aliphatic carbocycles. The Morgan fingerprint density at radius 2 is 2.20 bits per heavy atom. The van der Waals surface area contributed by atoms with Crippen molar-refractivity contribution < 1.29 is 9.84 Å². The van der Waals surface area contributed by atoms with Crippen molar-refractivity contribution in [3.05, 3.63) is 42.4 Å². The molecule has 0 radical (unpaired) electrons. The minimum absolute atomic E-state index is 0.0918. The fourth-order valence-corrected chi connectivity index (χ4v) is 3.55. The number of rotatable bonds is 1. The standard InChI is InChI=1S/C16H18N2O2/c19-15-6-3-7-20-9-13(15)16-12-5-2-1-4-11(12)14-8-17-10-18(14)16/h1-2,4-5,8,10,13,15-16,19H,3,6-7,9H2/t13-,15+,16-/m0/s1. The van der Waals surface area contributed by atoms with E-state index in [1.807, 2.05) is 12.5 Å². The summed E-state index contributed by atoms with van der Waals surface area (Å²) in [6, 6.07) is 8.54. The smallest absolute Gasteiger partial charge is 0.0956 e. The van der Waals surface area contributed by atoms with E-state index in [1.165, 1.54) is 11.1 Å². The number of hydrogen-bond acceptors (Lipinski definition) is 3. The van der Waals surface area contributed by atoms with Gasteiger partial charge in [0.05, 0.1) is 37.0 Å². The molecule has 104 valence electrons. The Morgan fingerprint density at radius 3 is 3.15 bits per heavy atom. The minimum Gasteiger partial charge on any atom is -0.393 e. The second-order valence-corrected chi connectivity index (χ2v) is 5.67. The molecule has 1 N–H and O–H groups in total. The summed E-state index contributed by atoms with van der Waals surface area (Å²) >= 11 is 0. The number of aliphatic hydroxyl groups is 1. The molecule has 3 atom stereocenters. The first-order valence-electron chi connectivity index (χ1n) is 7.23. The molecule has 0 spiro atoms. The number of imidazole rings is 1. The van der Waals surface area contributed by atoms with Crippen molar-refractivity contribution in [2.45, 2.75) is 25.0 Å². The van der Waals surface area contributed by atoms with Crippen molar-refractivity contribution in [2.24, 2.45) is 5.92 Å². The van der Waals surface area contributed by atoms with Crippen LogP contribution in [0.15, 0.2) is 36.8 Å². The topological polar surface area (TPSA) is 47.3 Å². The molecule has 0 saturated carbocycles. The van der Waals surface area contributed by atoms with Crippen LogP contribution in [-0.2, 0) is 4.74 Å². The van der Waals surface area contributed by atoms with Gasteiger partial charge in [-0.1, -0.05) is 24.3 Å². The average molecular weight is 270 g/mol. The number of aromatic nitrogens is 2. The van der Waals surface area contributed by atoms with Gasteiger partial charge < -0.3 is 14.4 Å². The Bertz CT molecular complexity index is 622. The maximum Gasteiger partial charge on any atom is 0.0956 e. The lowest BCUT2D eigenvalue weighted by Crippen LogP contribution is -2.31. The summed E-state index contributed by atoms with van der Waals surface area (Å²) in [4.78, 5) is 4.28. The second-order valence-electron chi connectivity index (χ2n) is 5.67. The van der Waals surface area contributed by atoms with E-state index < -0.39 is 0 Å². The molecule has 1 aromatic heterocycles. The summed E-state index contributed by atoms with van der Waals surface area (Å²) in [5.41, 5.74) is 3.65. The maximum absolute atomic E-state index is 10.5. The molecule has 2 aliphatic heterocycles. The third-order valence-corrected chi connectivity index (χ3v) is 4.52. The SMILES string of the molecule is O[C@@H]1CCCOC[C@@H]1[C@@H]1c2ccccc2-c2cncn21. The monoisotopic (exact) mass is 270 g/mol. The van der Waals surface area contributed by atoms with Crippen molar-refractivity contribution in [3.8, 4) is 11.3 Å². The van der Waals surface area contributed by atoms with Gasteiger partial charge in [-0.25, -0.2) is 4.98 Å². The van der Waals surface area contributed by atoms with E-state index in [-0.39, 0.29) is 18.1 Å². The normalized spacial score (nSPS) is 28.8. The highest BCUT2D eigenvalue weighted by atomic mass is 16.5. The fraction of sp³-hybridized carbons (Fsp3) is 0.438. The molecule has 0 unspecified atom stereocenters. The van der Waals surface area contributed by atoms with Gasteiger partial charge in [-0.05, 0) is 18.4 Å². The molecule has 0 amide bonds. The van der Waals surface area contributed by atoms with E-state index >= 15 is 0 Å². The van der Waals surface area contributed by atoms with Gasteiger partial charge in [-0.15, -0.1) is 0 Å². The molecule has 20 heavy (non-hydrogen) atoms. The van der Waals surface area contributed by atoms with Crippen LogP contribution in [0.2, 0.25) is 0 Å². The quantitative estimate of drug-likeness (QED) is 0.864. The summed E-state index contributed by atoms with van der Waals surface area (Å²) in [6.07, 6.45) is 5.21. The number of nitrogens with zero attached hydrogens (tertiary/aromatic N) is 2. The van der Waals surface area contributed by atoms with Crippen LogP contribution in [0.3, 0.4) is 0 Å². The first-order valence-corrected chi connectivity index (χ1v) is 7.23. The van der Waals surface area contributed by atoms with E-state index in [4.69, 9.17) is 4.74 Å². The van der Waals surface area contributed by atoms with Crippen LogP contribution < -0.4 is 0 Å². The van der Waals surface area contributed by atoms with Crippen LogP contribution in [0.1, 0.15) is 24.4 Å². The third-order valence-electron chi connectivity index (χ3n) is 4.52. The van der Waals surface area contributed by atoms with E-state index in [1.54, 1.807) is 0 Å². The van der Waals surface area contributed by atoms with Gasteiger partial charge in [0.1, 0.15) is 0 Å². The predicted molar refractivity (Wildman–Crippen MR) is 75.4 cm³/mol. The highest BCUT2D eigenvalue weighted by Gasteiger charge is 2.38. The molecule has 2 aromatic rings.